The van der Waals surface area contributed by atoms with Gasteiger partial charge in [-0.15, -0.1) is 0 Å². The van der Waals surface area contributed by atoms with E-state index in [2.05, 4.69) is 23.7 Å². The average molecular weight is 637 g/mol. The first-order valence-corrected chi connectivity index (χ1v) is 15.9. The van der Waals surface area contributed by atoms with Crippen molar-refractivity contribution in [2.75, 3.05) is 32.8 Å². The lowest BCUT2D eigenvalue weighted by Crippen LogP contribution is -2.51. The van der Waals surface area contributed by atoms with E-state index in [0.29, 0.717) is 50.5 Å². The molecule has 1 fully saturated rings. The SMILES string of the molecule is CC1=C(C(=O)OC(C)C)C(c2ccc(Cl)cc2)n2c(s/c(=C\c3ccc(OCC(=O)N4CCN(C(C)C)CC4)cc3)c2=O)=N1. The van der Waals surface area contributed by atoms with Gasteiger partial charge in [-0.05, 0) is 76.1 Å². The van der Waals surface area contributed by atoms with Gasteiger partial charge >= 0.3 is 5.97 Å². The van der Waals surface area contributed by atoms with Crippen LogP contribution < -0.4 is 19.6 Å². The quantitative estimate of drug-likeness (QED) is 0.350. The first-order chi connectivity index (χ1) is 21.0. The highest BCUT2D eigenvalue weighted by Gasteiger charge is 2.33. The number of hydrogen-bond acceptors (Lipinski definition) is 8. The largest absolute Gasteiger partial charge is 0.484 e. The summed E-state index contributed by atoms with van der Waals surface area (Å²) >= 11 is 7.40. The number of esters is 1. The number of benzene rings is 2. The molecule has 44 heavy (non-hydrogen) atoms. The summed E-state index contributed by atoms with van der Waals surface area (Å²) in [5, 5.41) is 0.550. The molecule has 2 aliphatic heterocycles. The van der Waals surface area contributed by atoms with Crippen molar-refractivity contribution in [1.82, 2.24) is 14.4 Å². The van der Waals surface area contributed by atoms with Gasteiger partial charge in [-0.2, -0.15) is 0 Å². The van der Waals surface area contributed by atoms with Crippen LogP contribution in [0.5, 0.6) is 5.75 Å². The van der Waals surface area contributed by atoms with Gasteiger partial charge in [-0.1, -0.05) is 47.2 Å². The van der Waals surface area contributed by atoms with Crippen LogP contribution in [0.15, 0.2) is 69.6 Å². The standard InChI is InChI=1S/C33H37ClN4O5S/c1-20(2)36-14-16-37(17-15-36)28(39)19-42-26-12-6-23(7-13-26)18-27-31(40)38-30(24-8-10-25(34)11-9-24)29(32(41)43-21(3)4)22(5)35-33(38)44-27/h6-13,18,20-21,30H,14-17,19H2,1-5H3/b27-18-. The van der Waals surface area contributed by atoms with Crippen molar-refractivity contribution in [2.45, 2.75) is 52.8 Å². The lowest BCUT2D eigenvalue weighted by atomic mass is 9.96. The van der Waals surface area contributed by atoms with Crippen molar-refractivity contribution in [3.8, 4) is 5.75 Å². The van der Waals surface area contributed by atoms with E-state index in [-0.39, 0.29) is 24.2 Å². The number of amides is 1. The van der Waals surface area contributed by atoms with E-state index >= 15 is 0 Å². The van der Waals surface area contributed by atoms with Crippen LogP contribution in [0.25, 0.3) is 6.08 Å². The number of carbonyl (C=O) groups excluding carboxylic acids is 2. The van der Waals surface area contributed by atoms with Gasteiger partial charge in [0.15, 0.2) is 11.4 Å². The second-order valence-electron chi connectivity index (χ2n) is 11.5. The zero-order valence-electron chi connectivity index (χ0n) is 25.6. The van der Waals surface area contributed by atoms with Gasteiger partial charge in [0.1, 0.15) is 5.75 Å². The summed E-state index contributed by atoms with van der Waals surface area (Å²) in [6, 6.07) is 14.1. The smallest absolute Gasteiger partial charge is 0.338 e. The second kappa shape index (κ2) is 13.5. The lowest BCUT2D eigenvalue weighted by Gasteiger charge is -2.36. The molecular formula is C33H37ClN4O5S. The summed E-state index contributed by atoms with van der Waals surface area (Å²) in [5.74, 6) is 0.0348. The zero-order valence-corrected chi connectivity index (χ0v) is 27.2. The predicted octanol–water partition coefficient (Wildman–Crippen LogP) is 3.77. The maximum Gasteiger partial charge on any atom is 0.338 e. The first kappa shape index (κ1) is 31.7. The fourth-order valence-corrected chi connectivity index (χ4v) is 6.53. The highest BCUT2D eigenvalue weighted by Crippen LogP contribution is 2.31. The predicted molar refractivity (Wildman–Crippen MR) is 172 cm³/mol. The molecule has 1 aromatic heterocycles. The summed E-state index contributed by atoms with van der Waals surface area (Å²) in [5.41, 5.74) is 2.07. The number of allylic oxidation sites excluding steroid dienone is 1. The minimum Gasteiger partial charge on any atom is -0.484 e. The van der Waals surface area contributed by atoms with Crippen molar-refractivity contribution >= 4 is 40.9 Å². The molecule has 1 amide bonds. The molecule has 3 heterocycles. The highest BCUT2D eigenvalue weighted by atomic mass is 35.5. The Bertz CT molecular complexity index is 1730. The number of ether oxygens (including phenoxy) is 2. The summed E-state index contributed by atoms with van der Waals surface area (Å²) in [7, 11) is 0. The van der Waals surface area contributed by atoms with Gasteiger partial charge < -0.3 is 14.4 Å². The van der Waals surface area contributed by atoms with Gasteiger partial charge in [-0.25, -0.2) is 9.79 Å². The Morgan fingerprint density at radius 3 is 2.30 bits per heavy atom. The Balaban J connectivity index is 1.37. The molecule has 3 aromatic rings. The second-order valence-corrected chi connectivity index (χ2v) is 12.9. The van der Waals surface area contributed by atoms with Crippen LogP contribution in [0.4, 0.5) is 0 Å². The molecule has 1 atom stereocenters. The van der Waals surface area contributed by atoms with Crippen molar-refractivity contribution < 1.29 is 19.1 Å². The Morgan fingerprint density at radius 1 is 1.02 bits per heavy atom. The molecule has 1 unspecified atom stereocenters. The summed E-state index contributed by atoms with van der Waals surface area (Å²) in [4.78, 5) is 49.1. The Labute approximate surface area is 265 Å². The number of fused-ring (bicyclic) bond motifs is 1. The van der Waals surface area contributed by atoms with Gasteiger partial charge in [-0.3, -0.25) is 19.1 Å². The molecule has 0 radical (unpaired) electrons. The maximum atomic E-state index is 13.8. The zero-order chi connectivity index (χ0) is 31.5. The number of thiazole rings is 1. The van der Waals surface area contributed by atoms with E-state index in [1.54, 1.807) is 67.8 Å². The molecular weight excluding hydrogens is 600 g/mol. The fourth-order valence-electron chi connectivity index (χ4n) is 5.36. The van der Waals surface area contributed by atoms with E-state index in [1.807, 2.05) is 17.0 Å². The van der Waals surface area contributed by atoms with Gasteiger partial charge in [0, 0.05) is 37.2 Å². The monoisotopic (exact) mass is 636 g/mol. The molecule has 0 aliphatic carbocycles. The van der Waals surface area contributed by atoms with Gasteiger partial charge in [0.2, 0.25) is 0 Å². The van der Waals surface area contributed by atoms with Crippen LogP contribution in [-0.4, -0.2) is 71.2 Å². The summed E-state index contributed by atoms with van der Waals surface area (Å²) in [6.07, 6.45) is 1.46. The molecule has 2 aromatic carbocycles. The number of rotatable bonds is 8. The fraction of sp³-hybridized carbons (Fsp3) is 0.394. The van der Waals surface area contributed by atoms with E-state index < -0.39 is 12.0 Å². The molecule has 0 spiro atoms. The number of aromatic nitrogens is 1. The Kier molecular flexibility index (Phi) is 9.72. The minimum atomic E-state index is -0.710. The molecule has 0 bridgehead atoms. The number of halogens is 1. The molecule has 232 valence electrons. The topological polar surface area (TPSA) is 93.4 Å². The number of carbonyl (C=O) groups is 2. The van der Waals surface area contributed by atoms with Gasteiger partial charge in [0.05, 0.1) is 27.9 Å². The Morgan fingerprint density at radius 2 is 1.68 bits per heavy atom. The lowest BCUT2D eigenvalue weighted by molar-refractivity contribution is -0.143. The number of hydrogen-bond donors (Lipinski definition) is 0. The summed E-state index contributed by atoms with van der Waals surface area (Å²) in [6.45, 7) is 12.8. The van der Waals surface area contributed by atoms with Crippen molar-refractivity contribution in [1.29, 1.82) is 0 Å². The highest BCUT2D eigenvalue weighted by molar-refractivity contribution is 7.07. The van der Waals surface area contributed by atoms with Crippen LogP contribution in [0.2, 0.25) is 5.02 Å². The third-order valence-corrected chi connectivity index (χ3v) is 8.94. The average Bonchev–Trinajstić information content (AvgIpc) is 3.29. The van der Waals surface area contributed by atoms with Crippen molar-refractivity contribution in [2.24, 2.45) is 4.99 Å². The van der Waals surface area contributed by atoms with Crippen LogP contribution in [-0.2, 0) is 14.3 Å². The normalized spacial score (nSPS) is 17.6. The van der Waals surface area contributed by atoms with Crippen LogP contribution >= 0.6 is 22.9 Å². The van der Waals surface area contributed by atoms with Gasteiger partial charge in [0.25, 0.3) is 11.5 Å². The third-order valence-electron chi connectivity index (χ3n) is 7.71. The van der Waals surface area contributed by atoms with Crippen molar-refractivity contribution in [3.63, 3.8) is 0 Å². The maximum absolute atomic E-state index is 13.8. The molecule has 5 rings (SSSR count). The van der Waals surface area contributed by atoms with E-state index in [1.165, 1.54) is 11.3 Å². The van der Waals surface area contributed by atoms with Crippen LogP contribution in [0, 0.1) is 0 Å². The third kappa shape index (κ3) is 6.98. The first-order valence-electron chi connectivity index (χ1n) is 14.8. The molecule has 0 saturated carbocycles. The van der Waals surface area contributed by atoms with Crippen molar-refractivity contribution in [3.05, 3.63) is 95.6 Å². The molecule has 0 N–H and O–H groups in total. The number of piperazine rings is 1. The van der Waals surface area contributed by atoms with E-state index in [0.717, 1.165) is 24.2 Å². The summed E-state index contributed by atoms with van der Waals surface area (Å²) < 4.78 is 13.3. The minimum absolute atomic E-state index is 0.0226. The molecule has 2 aliphatic rings. The molecule has 9 nitrogen and oxygen atoms in total. The van der Waals surface area contributed by atoms with Crippen LogP contribution in [0.3, 0.4) is 0 Å². The van der Waals surface area contributed by atoms with E-state index in [4.69, 9.17) is 21.1 Å². The Hall–Kier alpha value is -3.73. The van der Waals surface area contributed by atoms with E-state index in [9.17, 15) is 14.4 Å². The molecule has 11 heteroatoms. The number of nitrogens with zero attached hydrogens (tertiary/aromatic N) is 4. The molecule has 1 saturated heterocycles. The van der Waals surface area contributed by atoms with Crippen LogP contribution in [0.1, 0.15) is 51.8 Å².